The molecule has 2 aromatic heterocycles. The lowest BCUT2D eigenvalue weighted by Gasteiger charge is -2.11. The van der Waals surface area contributed by atoms with Gasteiger partial charge in [0.1, 0.15) is 5.82 Å². The Labute approximate surface area is 204 Å². The maximum atomic E-state index is 13.1. The van der Waals surface area contributed by atoms with Crippen LogP contribution in [0.15, 0.2) is 72.0 Å². The van der Waals surface area contributed by atoms with E-state index in [-0.39, 0.29) is 29.8 Å². The van der Waals surface area contributed by atoms with Gasteiger partial charge in [0, 0.05) is 49.4 Å². The summed E-state index contributed by atoms with van der Waals surface area (Å²) in [7, 11) is 0. The normalized spacial score (nSPS) is 11.4. The monoisotopic (exact) mass is 546 g/mol. The predicted octanol–water partition coefficient (Wildman–Crippen LogP) is 4.45. The van der Waals surface area contributed by atoms with E-state index in [9.17, 15) is 4.39 Å². The average molecular weight is 546 g/mol. The summed E-state index contributed by atoms with van der Waals surface area (Å²) in [4.78, 5) is 7.99. The number of guanidine groups is 1. The molecule has 0 radical (unpaired) electrons. The summed E-state index contributed by atoms with van der Waals surface area (Å²) in [6, 6.07) is 16.6. The van der Waals surface area contributed by atoms with Gasteiger partial charge in [-0.1, -0.05) is 18.2 Å². The molecular formula is C24H28FIN6. The van der Waals surface area contributed by atoms with Gasteiger partial charge in [-0.3, -0.25) is 4.99 Å². The fourth-order valence-electron chi connectivity index (χ4n) is 3.51. The van der Waals surface area contributed by atoms with Crippen molar-refractivity contribution < 1.29 is 4.39 Å². The van der Waals surface area contributed by atoms with Gasteiger partial charge in [-0.05, 0) is 55.3 Å². The highest BCUT2D eigenvalue weighted by Gasteiger charge is 2.05. The third-order valence-corrected chi connectivity index (χ3v) is 5.08. The van der Waals surface area contributed by atoms with Gasteiger partial charge < -0.3 is 15.6 Å². The van der Waals surface area contributed by atoms with E-state index in [2.05, 4.69) is 57.0 Å². The minimum absolute atomic E-state index is 0. The van der Waals surface area contributed by atoms with E-state index < -0.39 is 0 Å². The number of benzene rings is 2. The van der Waals surface area contributed by atoms with Crippen LogP contribution in [0.1, 0.15) is 18.2 Å². The molecule has 0 spiro atoms. The molecule has 0 aliphatic carbocycles. The topological polar surface area (TPSA) is 70.0 Å². The van der Waals surface area contributed by atoms with E-state index in [4.69, 9.17) is 0 Å². The molecule has 6 nitrogen and oxygen atoms in total. The van der Waals surface area contributed by atoms with E-state index in [1.807, 2.05) is 18.3 Å². The van der Waals surface area contributed by atoms with Gasteiger partial charge in [0.2, 0.25) is 0 Å². The Morgan fingerprint density at radius 2 is 1.88 bits per heavy atom. The fourth-order valence-corrected chi connectivity index (χ4v) is 3.51. The number of fused-ring (bicyclic) bond motifs is 1. The molecule has 2 aromatic carbocycles. The van der Waals surface area contributed by atoms with Crippen LogP contribution in [0.5, 0.6) is 0 Å². The Balaban J connectivity index is 0.00000289. The molecular weight excluding hydrogens is 518 g/mol. The van der Waals surface area contributed by atoms with E-state index in [1.165, 1.54) is 23.1 Å². The number of hydrogen-bond donors (Lipinski definition) is 3. The van der Waals surface area contributed by atoms with Crippen molar-refractivity contribution in [1.29, 1.82) is 0 Å². The summed E-state index contributed by atoms with van der Waals surface area (Å²) in [5.74, 6) is 0.555. The van der Waals surface area contributed by atoms with Gasteiger partial charge in [-0.15, -0.1) is 24.0 Å². The van der Waals surface area contributed by atoms with Gasteiger partial charge in [0.25, 0.3) is 0 Å². The molecule has 0 saturated carbocycles. The molecule has 8 heteroatoms. The Kier molecular flexibility index (Phi) is 8.66. The number of rotatable bonds is 8. The van der Waals surface area contributed by atoms with Gasteiger partial charge in [-0.2, -0.15) is 5.10 Å². The lowest BCUT2D eigenvalue weighted by Crippen LogP contribution is -2.38. The van der Waals surface area contributed by atoms with Crippen molar-refractivity contribution in [3.8, 4) is 5.69 Å². The van der Waals surface area contributed by atoms with Crippen LogP contribution in [0.3, 0.4) is 0 Å². The SMILES string of the molecule is CCNC(=NCCc1ccn(-c2ccc(F)cc2)n1)NCCc1c[nH]c2ccccc12.I. The number of aromatic nitrogens is 3. The largest absolute Gasteiger partial charge is 0.361 e. The number of halogens is 2. The van der Waals surface area contributed by atoms with Gasteiger partial charge in [-0.25, -0.2) is 9.07 Å². The summed E-state index contributed by atoms with van der Waals surface area (Å²) in [6.45, 7) is 4.29. The Morgan fingerprint density at radius 3 is 2.69 bits per heavy atom. The van der Waals surface area contributed by atoms with Crippen LogP contribution in [0.4, 0.5) is 4.39 Å². The molecule has 0 bridgehead atoms. The zero-order valence-corrected chi connectivity index (χ0v) is 20.3. The molecule has 168 valence electrons. The molecule has 0 aliphatic rings. The highest BCUT2D eigenvalue weighted by atomic mass is 127. The minimum Gasteiger partial charge on any atom is -0.361 e. The molecule has 0 amide bonds. The third kappa shape index (κ3) is 6.09. The van der Waals surface area contributed by atoms with Crippen LogP contribution in [-0.2, 0) is 12.8 Å². The highest BCUT2D eigenvalue weighted by Crippen LogP contribution is 2.17. The number of aliphatic imine (C=N–C) groups is 1. The van der Waals surface area contributed by atoms with Crippen molar-refractivity contribution in [3.63, 3.8) is 0 Å². The maximum absolute atomic E-state index is 13.1. The first kappa shape index (κ1) is 23.8. The molecule has 0 unspecified atom stereocenters. The Morgan fingerprint density at radius 1 is 1.06 bits per heavy atom. The maximum Gasteiger partial charge on any atom is 0.191 e. The zero-order chi connectivity index (χ0) is 21.5. The van der Waals surface area contributed by atoms with E-state index in [0.717, 1.165) is 48.8 Å². The molecule has 3 N–H and O–H groups in total. The first-order valence-corrected chi connectivity index (χ1v) is 10.6. The van der Waals surface area contributed by atoms with Gasteiger partial charge in [0.05, 0.1) is 11.4 Å². The van der Waals surface area contributed by atoms with Crippen molar-refractivity contribution in [3.05, 3.63) is 84.1 Å². The smallest absolute Gasteiger partial charge is 0.191 e. The van der Waals surface area contributed by atoms with Crippen molar-refractivity contribution >= 4 is 40.8 Å². The molecule has 0 aliphatic heterocycles. The second-order valence-electron chi connectivity index (χ2n) is 7.27. The highest BCUT2D eigenvalue weighted by molar-refractivity contribution is 14.0. The third-order valence-electron chi connectivity index (χ3n) is 5.08. The molecule has 4 rings (SSSR count). The summed E-state index contributed by atoms with van der Waals surface area (Å²) in [5.41, 5.74) is 4.24. The number of hydrogen-bond acceptors (Lipinski definition) is 2. The van der Waals surface area contributed by atoms with Gasteiger partial charge in [0.15, 0.2) is 5.96 Å². The number of para-hydroxylation sites is 1. The van der Waals surface area contributed by atoms with Crippen molar-refractivity contribution in [2.75, 3.05) is 19.6 Å². The molecule has 0 atom stereocenters. The first-order valence-electron chi connectivity index (χ1n) is 10.6. The average Bonchev–Trinajstić information content (AvgIpc) is 3.42. The van der Waals surface area contributed by atoms with Gasteiger partial charge >= 0.3 is 0 Å². The molecule has 4 aromatic rings. The van der Waals surface area contributed by atoms with Crippen LogP contribution in [0.25, 0.3) is 16.6 Å². The molecule has 0 fully saturated rings. The van der Waals surface area contributed by atoms with Crippen LogP contribution in [0, 0.1) is 5.82 Å². The van der Waals surface area contributed by atoms with E-state index in [1.54, 1.807) is 16.8 Å². The van der Waals surface area contributed by atoms with Crippen LogP contribution in [0.2, 0.25) is 0 Å². The Hall–Kier alpha value is -2.88. The minimum atomic E-state index is -0.251. The first-order chi connectivity index (χ1) is 15.2. The lowest BCUT2D eigenvalue weighted by atomic mass is 10.1. The van der Waals surface area contributed by atoms with Crippen molar-refractivity contribution in [1.82, 2.24) is 25.4 Å². The van der Waals surface area contributed by atoms with Crippen molar-refractivity contribution in [2.24, 2.45) is 4.99 Å². The van der Waals surface area contributed by atoms with E-state index >= 15 is 0 Å². The number of nitrogens with one attached hydrogen (secondary N) is 3. The number of H-pyrrole nitrogens is 1. The van der Waals surface area contributed by atoms with Crippen LogP contribution < -0.4 is 10.6 Å². The lowest BCUT2D eigenvalue weighted by molar-refractivity contribution is 0.627. The zero-order valence-electron chi connectivity index (χ0n) is 18.0. The summed E-state index contributed by atoms with van der Waals surface area (Å²) >= 11 is 0. The predicted molar refractivity (Wildman–Crippen MR) is 139 cm³/mol. The summed E-state index contributed by atoms with van der Waals surface area (Å²) in [6.07, 6.45) is 5.61. The second kappa shape index (κ2) is 11.7. The fraction of sp³-hybridized carbons (Fsp3) is 0.250. The van der Waals surface area contributed by atoms with E-state index in [0.29, 0.717) is 6.54 Å². The summed E-state index contributed by atoms with van der Waals surface area (Å²) < 4.78 is 14.8. The second-order valence-corrected chi connectivity index (χ2v) is 7.27. The molecule has 2 heterocycles. The number of aromatic amines is 1. The molecule has 32 heavy (non-hydrogen) atoms. The van der Waals surface area contributed by atoms with Crippen LogP contribution in [-0.4, -0.2) is 40.4 Å². The van der Waals surface area contributed by atoms with Crippen LogP contribution >= 0.6 is 24.0 Å². The quantitative estimate of drug-likeness (QED) is 0.174. The number of nitrogens with zero attached hydrogens (tertiary/aromatic N) is 3. The van der Waals surface area contributed by atoms with Crippen molar-refractivity contribution in [2.45, 2.75) is 19.8 Å². The molecule has 0 saturated heterocycles. The standard InChI is InChI=1S/C24H27FN6.HI/c1-2-26-24(27-14-11-18-17-29-23-6-4-3-5-22(18)23)28-15-12-20-13-16-31(30-20)21-9-7-19(25)8-10-21;/h3-10,13,16-17,29H,2,11-12,14-15H2,1H3,(H2,26,27,28);1H. The summed E-state index contributed by atoms with van der Waals surface area (Å²) in [5, 5.41) is 12.5. The Bertz CT molecular complexity index is 1150.